The monoisotopic (exact) mass is 175 g/mol. The lowest BCUT2D eigenvalue weighted by molar-refractivity contribution is 0.281. The van der Waals surface area contributed by atoms with Gasteiger partial charge in [0.2, 0.25) is 0 Å². The molecular formula is C10H9NO2. The topological polar surface area (TPSA) is 46.3 Å². The third kappa shape index (κ3) is 1.60. The van der Waals surface area contributed by atoms with Gasteiger partial charge in [0.05, 0.1) is 12.9 Å². The average Bonchev–Trinajstić information content (AvgIpc) is 2.71. The van der Waals surface area contributed by atoms with Crippen LogP contribution in [0.3, 0.4) is 0 Å². The maximum Gasteiger partial charge on any atom is 0.135 e. The maximum absolute atomic E-state index is 8.89. The zero-order chi connectivity index (χ0) is 9.10. The number of hydrogen-bond acceptors (Lipinski definition) is 3. The number of furan rings is 1. The molecule has 0 saturated carbocycles. The Kier molecular flexibility index (Phi) is 2.10. The molecule has 66 valence electrons. The summed E-state index contributed by atoms with van der Waals surface area (Å²) in [5, 5.41) is 8.89. The number of rotatable bonds is 2. The van der Waals surface area contributed by atoms with E-state index in [1.165, 1.54) is 0 Å². The van der Waals surface area contributed by atoms with Crippen LogP contribution >= 0.6 is 0 Å². The van der Waals surface area contributed by atoms with Crippen LogP contribution in [0.1, 0.15) is 5.56 Å². The molecule has 0 amide bonds. The summed E-state index contributed by atoms with van der Waals surface area (Å²) in [7, 11) is 0. The summed E-state index contributed by atoms with van der Waals surface area (Å²) in [5.74, 6) is 0.766. The Balaban J connectivity index is 2.41. The van der Waals surface area contributed by atoms with Gasteiger partial charge in [-0.3, -0.25) is 4.98 Å². The second-order valence-electron chi connectivity index (χ2n) is 2.72. The largest absolute Gasteiger partial charge is 0.464 e. The Morgan fingerprint density at radius 1 is 1.38 bits per heavy atom. The van der Waals surface area contributed by atoms with Crippen molar-refractivity contribution in [3.63, 3.8) is 0 Å². The van der Waals surface area contributed by atoms with Gasteiger partial charge in [0.15, 0.2) is 0 Å². The van der Waals surface area contributed by atoms with Crippen molar-refractivity contribution < 1.29 is 9.52 Å². The molecule has 2 rings (SSSR count). The van der Waals surface area contributed by atoms with Crippen LogP contribution in [-0.4, -0.2) is 10.1 Å². The van der Waals surface area contributed by atoms with Crippen molar-refractivity contribution in [1.29, 1.82) is 0 Å². The first-order chi connectivity index (χ1) is 6.40. The zero-order valence-electron chi connectivity index (χ0n) is 6.97. The molecule has 0 fully saturated rings. The van der Waals surface area contributed by atoms with Gasteiger partial charge in [-0.1, -0.05) is 0 Å². The number of aliphatic hydroxyl groups is 1. The SMILES string of the molecule is OCc1cncc(-c2ccco2)c1. The number of aliphatic hydroxyl groups excluding tert-OH is 1. The highest BCUT2D eigenvalue weighted by atomic mass is 16.3. The lowest BCUT2D eigenvalue weighted by Gasteiger charge is -1.98. The quantitative estimate of drug-likeness (QED) is 0.757. The molecule has 0 spiro atoms. The van der Waals surface area contributed by atoms with Gasteiger partial charge in [0, 0.05) is 18.0 Å². The molecular weight excluding hydrogens is 166 g/mol. The molecule has 2 aromatic heterocycles. The predicted molar refractivity (Wildman–Crippen MR) is 47.9 cm³/mol. The summed E-state index contributed by atoms with van der Waals surface area (Å²) in [5.41, 5.74) is 1.67. The highest BCUT2D eigenvalue weighted by molar-refractivity contribution is 5.56. The van der Waals surface area contributed by atoms with Gasteiger partial charge < -0.3 is 9.52 Å². The Morgan fingerprint density at radius 2 is 2.31 bits per heavy atom. The predicted octanol–water partition coefficient (Wildman–Crippen LogP) is 1.83. The molecule has 0 atom stereocenters. The van der Waals surface area contributed by atoms with Gasteiger partial charge in [0.1, 0.15) is 5.76 Å². The molecule has 0 radical (unpaired) electrons. The molecule has 1 N–H and O–H groups in total. The molecule has 3 heteroatoms. The van der Waals surface area contributed by atoms with E-state index in [1.807, 2.05) is 18.2 Å². The van der Waals surface area contributed by atoms with E-state index in [0.717, 1.165) is 16.9 Å². The molecule has 2 aromatic rings. The minimum atomic E-state index is 0.00154. The van der Waals surface area contributed by atoms with Crippen molar-refractivity contribution in [2.75, 3.05) is 0 Å². The van der Waals surface area contributed by atoms with Crippen molar-refractivity contribution in [3.8, 4) is 11.3 Å². The van der Waals surface area contributed by atoms with Gasteiger partial charge >= 0.3 is 0 Å². The Hall–Kier alpha value is -1.61. The third-order valence-corrected chi connectivity index (χ3v) is 1.78. The fourth-order valence-electron chi connectivity index (χ4n) is 1.15. The van der Waals surface area contributed by atoms with E-state index in [-0.39, 0.29) is 6.61 Å². The average molecular weight is 175 g/mol. The first-order valence-electron chi connectivity index (χ1n) is 3.99. The van der Waals surface area contributed by atoms with Crippen LogP contribution in [0.15, 0.2) is 41.3 Å². The van der Waals surface area contributed by atoms with Crippen molar-refractivity contribution >= 4 is 0 Å². The number of nitrogens with zero attached hydrogens (tertiary/aromatic N) is 1. The van der Waals surface area contributed by atoms with E-state index in [4.69, 9.17) is 9.52 Å². The number of aromatic nitrogens is 1. The summed E-state index contributed by atoms with van der Waals surface area (Å²) in [6, 6.07) is 5.53. The second-order valence-corrected chi connectivity index (χ2v) is 2.72. The van der Waals surface area contributed by atoms with Crippen LogP contribution in [0.25, 0.3) is 11.3 Å². The molecule has 0 aliphatic carbocycles. The van der Waals surface area contributed by atoms with Crippen LogP contribution in [0.5, 0.6) is 0 Å². The Morgan fingerprint density at radius 3 is 3.00 bits per heavy atom. The summed E-state index contributed by atoms with van der Waals surface area (Å²) in [6.45, 7) is 0.00154. The lowest BCUT2D eigenvalue weighted by Crippen LogP contribution is -1.85. The van der Waals surface area contributed by atoms with E-state index >= 15 is 0 Å². The maximum atomic E-state index is 8.89. The fraction of sp³-hybridized carbons (Fsp3) is 0.100. The van der Waals surface area contributed by atoms with E-state index in [1.54, 1.807) is 18.7 Å². The molecule has 0 saturated heterocycles. The van der Waals surface area contributed by atoms with Crippen LogP contribution in [0.4, 0.5) is 0 Å². The van der Waals surface area contributed by atoms with Crippen LogP contribution in [0.2, 0.25) is 0 Å². The molecule has 3 nitrogen and oxygen atoms in total. The molecule has 0 unspecified atom stereocenters. The van der Waals surface area contributed by atoms with Crippen molar-refractivity contribution in [1.82, 2.24) is 4.98 Å². The van der Waals surface area contributed by atoms with E-state index in [0.29, 0.717) is 0 Å². The third-order valence-electron chi connectivity index (χ3n) is 1.78. The minimum Gasteiger partial charge on any atom is -0.464 e. The summed E-state index contributed by atoms with van der Waals surface area (Å²) in [4.78, 5) is 3.99. The normalized spacial score (nSPS) is 10.2. The van der Waals surface area contributed by atoms with Crippen LogP contribution in [-0.2, 0) is 6.61 Å². The van der Waals surface area contributed by atoms with Crippen molar-refractivity contribution in [2.24, 2.45) is 0 Å². The Labute approximate surface area is 75.7 Å². The molecule has 2 heterocycles. The molecule has 0 aliphatic rings. The van der Waals surface area contributed by atoms with E-state index in [9.17, 15) is 0 Å². The van der Waals surface area contributed by atoms with Gasteiger partial charge in [-0.2, -0.15) is 0 Å². The van der Waals surface area contributed by atoms with Crippen LogP contribution in [0, 0.1) is 0 Å². The molecule has 0 aromatic carbocycles. The summed E-state index contributed by atoms with van der Waals surface area (Å²) < 4.78 is 5.20. The lowest BCUT2D eigenvalue weighted by atomic mass is 10.2. The minimum absolute atomic E-state index is 0.00154. The van der Waals surface area contributed by atoms with Gasteiger partial charge in [-0.15, -0.1) is 0 Å². The van der Waals surface area contributed by atoms with E-state index < -0.39 is 0 Å². The molecule has 0 aliphatic heterocycles. The first kappa shape index (κ1) is 8.01. The fourth-order valence-corrected chi connectivity index (χ4v) is 1.15. The molecule has 13 heavy (non-hydrogen) atoms. The smallest absolute Gasteiger partial charge is 0.135 e. The van der Waals surface area contributed by atoms with Crippen molar-refractivity contribution in [3.05, 3.63) is 42.4 Å². The summed E-state index contributed by atoms with van der Waals surface area (Å²) in [6.07, 6.45) is 4.95. The number of pyridine rings is 1. The number of hydrogen-bond donors (Lipinski definition) is 1. The second kappa shape index (κ2) is 3.41. The first-order valence-corrected chi connectivity index (χ1v) is 3.99. The highest BCUT2D eigenvalue weighted by Gasteiger charge is 2.01. The Bertz CT molecular complexity index is 382. The van der Waals surface area contributed by atoms with Crippen molar-refractivity contribution in [2.45, 2.75) is 6.61 Å². The highest BCUT2D eigenvalue weighted by Crippen LogP contribution is 2.19. The standard InChI is InChI=1S/C10H9NO2/c12-7-8-4-9(6-11-5-8)10-2-1-3-13-10/h1-6,12H,7H2. The van der Waals surface area contributed by atoms with Gasteiger partial charge in [0.25, 0.3) is 0 Å². The van der Waals surface area contributed by atoms with Gasteiger partial charge in [-0.25, -0.2) is 0 Å². The van der Waals surface area contributed by atoms with E-state index in [2.05, 4.69) is 4.98 Å². The van der Waals surface area contributed by atoms with Crippen LogP contribution < -0.4 is 0 Å². The summed E-state index contributed by atoms with van der Waals surface area (Å²) >= 11 is 0. The zero-order valence-corrected chi connectivity index (χ0v) is 6.97. The van der Waals surface area contributed by atoms with Gasteiger partial charge in [-0.05, 0) is 23.8 Å². The molecule has 0 bridgehead atoms.